The highest BCUT2D eigenvalue weighted by molar-refractivity contribution is 7.94. The summed E-state index contributed by atoms with van der Waals surface area (Å²) >= 11 is 0. The molecule has 0 aromatic heterocycles. The van der Waals surface area contributed by atoms with E-state index in [9.17, 15) is 27.6 Å². The maximum atomic E-state index is 13.0. The summed E-state index contributed by atoms with van der Waals surface area (Å²) in [6, 6.07) is 11.0. The van der Waals surface area contributed by atoms with Crippen LogP contribution in [0.15, 0.2) is 53.9 Å². The van der Waals surface area contributed by atoms with Gasteiger partial charge in [-0.1, -0.05) is 42.5 Å². The highest BCUT2D eigenvalue weighted by Crippen LogP contribution is 2.32. The maximum absolute atomic E-state index is 13.0. The molecule has 0 saturated heterocycles. The predicted molar refractivity (Wildman–Crippen MR) is 115 cm³/mol. The lowest BCUT2D eigenvalue weighted by Crippen LogP contribution is -2.32. The number of esters is 1. The monoisotopic (exact) mass is 453 g/mol. The fraction of sp³-hybridized carbons (Fsp3) is 0.217. The van der Waals surface area contributed by atoms with E-state index in [2.05, 4.69) is 5.32 Å². The molecule has 2 unspecified atom stereocenters. The lowest BCUT2D eigenvalue weighted by atomic mass is 9.83. The first-order valence-corrected chi connectivity index (χ1v) is 11.6. The Labute approximate surface area is 184 Å². The van der Waals surface area contributed by atoms with Crippen molar-refractivity contribution >= 4 is 39.0 Å². The molecule has 1 N–H and O–H groups in total. The minimum Gasteiger partial charge on any atom is -0.453 e. The lowest BCUT2D eigenvalue weighted by Gasteiger charge is -2.21. The normalized spacial score (nSPS) is 19.1. The number of anilines is 1. The van der Waals surface area contributed by atoms with Gasteiger partial charge in [0.25, 0.3) is 5.91 Å². The van der Waals surface area contributed by atoms with Crippen LogP contribution < -0.4 is 5.32 Å². The largest absolute Gasteiger partial charge is 0.453 e. The van der Waals surface area contributed by atoms with Gasteiger partial charge in [-0.2, -0.15) is 0 Å². The van der Waals surface area contributed by atoms with Gasteiger partial charge in [-0.05, 0) is 13.0 Å². The number of benzene rings is 2. The topological polar surface area (TPSA) is 124 Å². The van der Waals surface area contributed by atoms with E-state index in [1.807, 2.05) is 0 Å². The Bertz CT molecular complexity index is 1290. The molecule has 1 aliphatic heterocycles. The average molecular weight is 453 g/mol. The summed E-state index contributed by atoms with van der Waals surface area (Å²) in [5, 5.41) is 3.63. The van der Waals surface area contributed by atoms with Crippen LogP contribution in [0.3, 0.4) is 0 Å². The van der Waals surface area contributed by atoms with Crippen molar-refractivity contribution in [3.05, 3.63) is 76.2 Å². The second-order valence-electron chi connectivity index (χ2n) is 7.68. The summed E-state index contributed by atoms with van der Waals surface area (Å²) in [5.74, 6) is -2.76. The summed E-state index contributed by atoms with van der Waals surface area (Å²) in [7, 11) is -3.29. The van der Waals surface area contributed by atoms with E-state index < -0.39 is 33.7 Å². The van der Waals surface area contributed by atoms with Crippen molar-refractivity contribution in [3.63, 3.8) is 0 Å². The quantitative estimate of drug-likeness (QED) is 0.588. The molecule has 8 nitrogen and oxygen atoms in total. The number of hydrogen-bond donors (Lipinski definition) is 1. The minimum atomic E-state index is -3.29. The van der Waals surface area contributed by atoms with E-state index in [1.165, 1.54) is 25.1 Å². The number of ketones is 2. The lowest BCUT2D eigenvalue weighted by molar-refractivity contribution is -0.153. The number of fused-ring (bicyclic) bond motifs is 2. The molecule has 2 atom stereocenters. The molecule has 1 aliphatic carbocycles. The van der Waals surface area contributed by atoms with Gasteiger partial charge in [0.1, 0.15) is 0 Å². The second-order valence-corrected chi connectivity index (χ2v) is 9.61. The van der Waals surface area contributed by atoms with Crippen LogP contribution in [0.1, 0.15) is 45.2 Å². The summed E-state index contributed by atoms with van der Waals surface area (Å²) in [6.45, 7) is 1.37. The van der Waals surface area contributed by atoms with Crippen LogP contribution in [-0.4, -0.2) is 43.7 Å². The van der Waals surface area contributed by atoms with E-state index in [-0.39, 0.29) is 46.1 Å². The molecule has 0 bridgehead atoms. The smallest absolute Gasteiger partial charge is 0.307 e. The van der Waals surface area contributed by atoms with Gasteiger partial charge in [0.15, 0.2) is 27.5 Å². The van der Waals surface area contributed by atoms with Gasteiger partial charge < -0.3 is 10.1 Å². The van der Waals surface area contributed by atoms with Crippen LogP contribution in [0.5, 0.6) is 0 Å². The molecular formula is C23H19NO7S. The van der Waals surface area contributed by atoms with Gasteiger partial charge in [0.05, 0.1) is 23.4 Å². The number of carbonyl (C=O) groups excluding carboxylic acids is 4. The molecule has 0 radical (unpaired) electrons. The van der Waals surface area contributed by atoms with Crippen LogP contribution in [0, 0.1) is 5.92 Å². The van der Waals surface area contributed by atoms with Gasteiger partial charge in [-0.15, -0.1) is 0 Å². The molecule has 0 fully saturated rings. The second kappa shape index (κ2) is 8.16. The SMILES string of the molecule is CC(OC(=O)CC1C=CS(=O)(=O)C1)C(=O)Nc1cccc2c1C(=O)c1ccccc1C2=O. The molecule has 4 rings (SSSR count). The van der Waals surface area contributed by atoms with Crippen molar-refractivity contribution in [2.24, 2.45) is 5.92 Å². The van der Waals surface area contributed by atoms with Crippen LogP contribution in [0.4, 0.5) is 5.69 Å². The molecule has 1 amide bonds. The first-order chi connectivity index (χ1) is 15.2. The van der Waals surface area contributed by atoms with E-state index in [0.29, 0.717) is 5.56 Å². The third-order valence-corrected chi connectivity index (χ3v) is 6.79. The number of hydrogen-bond acceptors (Lipinski definition) is 7. The Morgan fingerprint density at radius 1 is 1.03 bits per heavy atom. The molecule has 1 heterocycles. The van der Waals surface area contributed by atoms with Crippen molar-refractivity contribution < 1.29 is 32.3 Å². The highest BCUT2D eigenvalue weighted by atomic mass is 32.2. The predicted octanol–water partition coefficient (Wildman–Crippen LogP) is 2.28. The van der Waals surface area contributed by atoms with Crippen molar-refractivity contribution in [1.29, 1.82) is 0 Å². The number of amides is 1. The number of allylic oxidation sites excluding steroid dienone is 1. The van der Waals surface area contributed by atoms with E-state index >= 15 is 0 Å². The average Bonchev–Trinajstić information content (AvgIpc) is 3.09. The highest BCUT2D eigenvalue weighted by Gasteiger charge is 2.32. The van der Waals surface area contributed by atoms with Gasteiger partial charge in [0.2, 0.25) is 0 Å². The standard InChI is InChI=1S/C23H19NO7S/c1-13(31-19(25)11-14-9-10-32(29,30)12-14)23(28)24-18-8-4-7-17-20(18)22(27)16-6-3-2-5-15(16)21(17)26/h2-10,13-14H,11-12H2,1H3,(H,24,28). The van der Waals surface area contributed by atoms with Crippen LogP contribution in [0.2, 0.25) is 0 Å². The zero-order valence-electron chi connectivity index (χ0n) is 17.0. The van der Waals surface area contributed by atoms with Crippen LogP contribution in [0.25, 0.3) is 0 Å². The third-order valence-electron chi connectivity index (χ3n) is 5.32. The first kappa shape index (κ1) is 21.6. The fourth-order valence-corrected chi connectivity index (χ4v) is 5.16. The molecule has 0 spiro atoms. The molecule has 2 aromatic rings. The number of carbonyl (C=O) groups is 4. The number of nitrogens with one attached hydrogen (secondary N) is 1. The Morgan fingerprint density at radius 3 is 2.34 bits per heavy atom. The van der Waals surface area contributed by atoms with E-state index in [0.717, 1.165) is 5.41 Å². The fourth-order valence-electron chi connectivity index (χ4n) is 3.76. The molecule has 0 saturated carbocycles. The molecule has 164 valence electrons. The van der Waals surface area contributed by atoms with Gasteiger partial charge in [-0.3, -0.25) is 19.2 Å². The Balaban J connectivity index is 1.47. The zero-order valence-corrected chi connectivity index (χ0v) is 17.8. The van der Waals surface area contributed by atoms with Gasteiger partial charge in [-0.25, -0.2) is 8.42 Å². The van der Waals surface area contributed by atoms with Crippen molar-refractivity contribution in [1.82, 2.24) is 0 Å². The summed E-state index contributed by atoms with van der Waals surface area (Å²) < 4.78 is 28.0. The summed E-state index contributed by atoms with van der Waals surface area (Å²) in [6.07, 6.45) is 0.0673. The Kier molecular flexibility index (Phi) is 5.52. The van der Waals surface area contributed by atoms with Gasteiger partial charge in [0, 0.05) is 28.0 Å². The summed E-state index contributed by atoms with van der Waals surface area (Å²) in [4.78, 5) is 50.5. The van der Waals surface area contributed by atoms with Crippen LogP contribution in [-0.2, 0) is 24.2 Å². The number of sulfone groups is 1. The number of ether oxygens (including phenoxy) is 1. The zero-order chi connectivity index (χ0) is 23.0. The minimum absolute atomic E-state index is 0.0874. The van der Waals surface area contributed by atoms with Crippen molar-refractivity contribution in [3.8, 4) is 0 Å². The molecule has 2 aliphatic rings. The Morgan fingerprint density at radius 2 is 1.69 bits per heavy atom. The van der Waals surface area contributed by atoms with Crippen molar-refractivity contribution in [2.75, 3.05) is 11.1 Å². The third kappa shape index (κ3) is 4.11. The summed E-state index contributed by atoms with van der Waals surface area (Å²) in [5.41, 5.74) is 0.979. The number of rotatable bonds is 5. The Hall–Kier alpha value is -3.59. The van der Waals surface area contributed by atoms with Crippen LogP contribution >= 0.6 is 0 Å². The van der Waals surface area contributed by atoms with Gasteiger partial charge >= 0.3 is 5.97 Å². The molecule has 9 heteroatoms. The molecule has 32 heavy (non-hydrogen) atoms. The molecular weight excluding hydrogens is 434 g/mol. The van der Waals surface area contributed by atoms with Crippen molar-refractivity contribution in [2.45, 2.75) is 19.4 Å². The molecule has 2 aromatic carbocycles. The van der Waals surface area contributed by atoms with E-state index in [4.69, 9.17) is 4.74 Å². The first-order valence-electron chi connectivity index (χ1n) is 9.89. The van der Waals surface area contributed by atoms with E-state index in [1.54, 1.807) is 30.3 Å². The maximum Gasteiger partial charge on any atom is 0.307 e.